The molecule has 1 saturated heterocycles. The first kappa shape index (κ1) is 14.2. The van der Waals surface area contributed by atoms with Gasteiger partial charge in [0.25, 0.3) is 0 Å². The van der Waals surface area contributed by atoms with E-state index in [1.54, 1.807) is 0 Å². The molecule has 0 unspecified atom stereocenters. The van der Waals surface area contributed by atoms with Crippen LogP contribution in [0.2, 0.25) is 5.02 Å². The van der Waals surface area contributed by atoms with E-state index in [1.807, 2.05) is 30.5 Å². The average Bonchev–Trinajstić information content (AvgIpc) is 2.56. The second-order valence-corrected chi connectivity index (χ2v) is 5.87. The maximum Gasteiger partial charge on any atom is 0.128 e. The Morgan fingerprint density at radius 3 is 2.43 bits per heavy atom. The quantitative estimate of drug-likeness (QED) is 0.910. The third-order valence-corrected chi connectivity index (χ3v) is 4.09. The molecule has 0 bridgehead atoms. The highest BCUT2D eigenvalue weighted by atomic mass is 35.5. The van der Waals surface area contributed by atoms with Crippen molar-refractivity contribution >= 4 is 23.1 Å². The molecule has 0 saturated carbocycles. The Balaban J connectivity index is 1.57. The predicted octanol–water partition coefficient (Wildman–Crippen LogP) is 4.34. The molecule has 1 aliphatic rings. The fourth-order valence-corrected chi connectivity index (χ4v) is 2.73. The Kier molecular flexibility index (Phi) is 4.61. The third-order valence-electron chi connectivity index (χ3n) is 3.84. The van der Waals surface area contributed by atoms with E-state index in [4.69, 9.17) is 11.6 Å². The molecule has 2 aromatic rings. The molecule has 0 spiro atoms. The van der Waals surface area contributed by atoms with Gasteiger partial charge in [0.1, 0.15) is 5.82 Å². The number of nitrogens with zero attached hydrogens (tertiary/aromatic N) is 2. The Bertz CT molecular complexity index is 560. The van der Waals surface area contributed by atoms with Crippen LogP contribution in [-0.4, -0.2) is 18.1 Å². The molecule has 3 nitrogen and oxygen atoms in total. The first-order valence-corrected chi connectivity index (χ1v) is 7.88. The molecule has 0 amide bonds. The Hall–Kier alpha value is -1.74. The van der Waals surface area contributed by atoms with E-state index in [1.165, 1.54) is 24.8 Å². The molecule has 4 heteroatoms. The van der Waals surface area contributed by atoms with Gasteiger partial charge in [-0.05, 0) is 49.1 Å². The average molecular weight is 302 g/mol. The molecule has 3 rings (SSSR count). The number of pyridine rings is 1. The molecular weight excluding hydrogens is 282 g/mol. The Morgan fingerprint density at radius 1 is 1.00 bits per heavy atom. The summed E-state index contributed by atoms with van der Waals surface area (Å²) in [5.74, 6) is 1.09. The third kappa shape index (κ3) is 3.88. The van der Waals surface area contributed by atoms with Crippen molar-refractivity contribution in [3.8, 4) is 0 Å². The fraction of sp³-hybridized carbons (Fsp3) is 0.353. The highest BCUT2D eigenvalue weighted by Crippen LogP contribution is 2.19. The van der Waals surface area contributed by atoms with Crippen LogP contribution >= 0.6 is 11.6 Å². The molecule has 1 aromatic heterocycles. The van der Waals surface area contributed by atoms with E-state index in [-0.39, 0.29) is 0 Å². The molecule has 110 valence electrons. The van der Waals surface area contributed by atoms with Crippen molar-refractivity contribution in [3.63, 3.8) is 0 Å². The summed E-state index contributed by atoms with van der Waals surface area (Å²) < 4.78 is 0. The van der Waals surface area contributed by atoms with Gasteiger partial charge in [0, 0.05) is 24.7 Å². The summed E-state index contributed by atoms with van der Waals surface area (Å²) in [5.41, 5.74) is 2.25. The van der Waals surface area contributed by atoms with Crippen molar-refractivity contribution in [3.05, 3.63) is 53.2 Å². The Morgan fingerprint density at radius 2 is 1.76 bits per heavy atom. The highest BCUT2D eigenvalue weighted by molar-refractivity contribution is 6.30. The number of anilines is 2. The van der Waals surface area contributed by atoms with Gasteiger partial charge in [-0.3, -0.25) is 0 Å². The number of hydrogen-bond acceptors (Lipinski definition) is 3. The SMILES string of the molecule is Clc1ccc(CNc2ccc(N3CCCCC3)nc2)cc1. The molecule has 1 aromatic carbocycles. The van der Waals surface area contributed by atoms with E-state index in [0.717, 1.165) is 36.2 Å². The maximum absolute atomic E-state index is 5.88. The lowest BCUT2D eigenvalue weighted by Crippen LogP contribution is -2.30. The molecule has 1 aliphatic heterocycles. The van der Waals surface area contributed by atoms with Crippen LogP contribution in [0.4, 0.5) is 11.5 Å². The lowest BCUT2D eigenvalue weighted by atomic mass is 10.1. The first-order chi connectivity index (χ1) is 10.3. The van der Waals surface area contributed by atoms with E-state index in [0.29, 0.717) is 0 Å². The van der Waals surface area contributed by atoms with Crippen LogP contribution in [0.25, 0.3) is 0 Å². The number of nitrogens with one attached hydrogen (secondary N) is 1. The summed E-state index contributed by atoms with van der Waals surface area (Å²) in [6.45, 7) is 3.04. The van der Waals surface area contributed by atoms with Crippen molar-refractivity contribution in [1.29, 1.82) is 0 Å². The zero-order valence-electron chi connectivity index (χ0n) is 12.1. The van der Waals surface area contributed by atoms with Crippen LogP contribution in [-0.2, 0) is 6.54 Å². The molecule has 0 radical (unpaired) electrons. The van der Waals surface area contributed by atoms with Gasteiger partial charge in [0.05, 0.1) is 11.9 Å². The first-order valence-electron chi connectivity index (χ1n) is 7.50. The minimum absolute atomic E-state index is 0.770. The van der Waals surface area contributed by atoms with Gasteiger partial charge in [0.15, 0.2) is 0 Å². The predicted molar refractivity (Wildman–Crippen MR) is 89.1 cm³/mol. The molecule has 21 heavy (non-hydrogen) atoms. The molecule has 1 fully saturated rings. The van der Waals surface area contributed by atoms with Crippen LogP contribution in [0.1, 0.15) is 24.8 Å². The van der Waals surface area contributed by atoms with Gasteiger partial charge in [-0.2, -0.15) is 0 Å². The second kappa shape index (κ2) is 6.81. The van der Waals surface area contributed by atoms with Gasteiger partial charge in [-0.25, -0.2) is 4.98 Å². The van der Waals surface area contributed by atoms with Gasteiger partial charge in [-0.1, -0.05) is 23.7 Å². The zero-order chi connectivity index (χ0) is 14.5. The largest absolute Gasteiger partial charge is 0.380 e. The maximum atomic E-state index is 5.88. The molecule has 0 atom stereocenters. The lowest BCUT2D eigenvalue weighted by Gasteiger charge is -2.27. The monoisotopic (exact) mass is 301 g/mol. The van der Waals surface area contributed by atoms with Crippen LogP contribution in [0.15, 0.2) is 42.6 Å². The van der Waals surface area contributed by atoms with Crippen LogP contribution in [0.5, 0.6) is 0 Å². The second-order valence-electron chi connectivity index (χ2n) is 5.43. The fourth-order valence-electron chi connectivity index (χ4n) is 2.61. The smallest absolute Gasteiger partial charge is 0.128 e. The van der Waals surface area contributed by atoms with E-state index in [9.17, 15) is 0 Å². The number of hydrogen-bond donors (Lipinski definition) is 1. The number of benzene rings is 1. The number of rotatable bonds is 4. The minimum Gasteiger partial charge on any atom is -0.380 e. The van der Waals surface area contributed by atoms with Gasteiger partial charge >= 0.3 is 0 Å². The highest BCUT2D eigenvalue weighted by Gasteiger charge is 2.11. The molecule has 0 aliphatic carbocycles. The molecule has 2 heterocycles. The van der Waals surface area contributed by atoms with Crippen molar-refractivity contribution in [1.82, 2.24) is 4.98 Å². The number of piperidine rings is 1. The summed E-state index contributed by atoms with van der Waals surface area (Å²) in [6.07, 6.45) is 5.81. The van der Waals surface area contributed by atoms with Crippen molar-refractivity contribution < 1.29 is 0 Å². The summed E-state index contributed by atoms with van der Waals surface area (Å²) in [5, 5.41) is 4.16. The zero-order valence-corrected chi connectivity index (χ0v) is 12.8. The number of aromatic nitrogens is 1. The number of halogens is 1. The van der Waals surface area contributed by atoms with E-state index >= 15 is 0 Å². The van der Waals surface area contributed by atoms with Crippen molar-refractivity contribution in [2.45, 2.75) is 25.8 Å². The minimum atomic E-state index is 0.770. The van der Waals surface area contributed by atoms with E-state index in [2.05, 4.69) is 27.3 Å². The lowest BCUT2D eigenvalue weighted by molar-refractivity contribution is 0.573. The Labute approximate surface area is 131 Å². The van der Waals surface area contributed by atoms with Crippen LogP contribution in [0.3, 0.4) is 0 Å². The molecule has 1 N–H and O–H groups in total. The van der Waals surface area contributed by atoms with Gasteiger partial charge in [-0.15, -0.1) is 0 Å². The molecular formula is C17H20ClN3. The van der Waals surface area contributed by atoms with Crippen LogP contribution < -0.4 is 10.2 Å². The van der Waals surface area contributed by atoms with Crippen LogP contribution in [0, 0.1) is 0 Å². The standard InChI is InChI=1S/C17H20ClN3/c18-15-6-4-14(5-7-15)12-19-16-8-9-17(20-13-16)21-10-2-1-3-11-21/h4-9,13,19H,1-3,10-12H2. The van der Waals surface area contributed by atoms with Crippen molar-refractivity contribution in [2.24, 2.45) is 0 Å². The summed E-state index contributed by atoms with van der Waals surface area (Å²) >= 11 is 5.88. The normalized spacial score (nSPS) is 15.0. The van der Waals surface area contributed by atoms with Gasteiger partial charge < -0.3 is 10.2 Å². The summed E-state index contributed by atoms with van der Waals surface area (Å²) in [7, 11) is 0. The van der Waals surface area contributed by atoms with Crippen molar-refractivity contribution in [2.75, 3.05) is 23.3 Å². The summed E-state index contributed by atoms with van der Waals surface area (Å²) in [4.78, 5) is 6.94. The van der Waals surface area contributed by atoms with E-state index < -0.39 is 0 Å². The van der Waals surface area contributed by atoms with Gasteiger partial charge in [0.2, 0.25) is 0 Å². The summed E-state index contributed by atoms with van der Waals surface area (Å²) in [6, 6.07) is 12.1. The topological polar surface area (TPSA) is 28.2 Å².